The van der Waals surface area contributed by atoms with E-state index < -0.39 is 0 Å². The smallest absolute Gasteiger partial charge is 0.140 e. The molecule has 0 unspecified atom stereocenters. The number of fused-ring (bicyclic) bond motifs is 1. The Kier molecular flexibility index (Phi) is 4.44. The van der Waals surface area contributed by atoms with E-state index in [1.165, 1.54) is 11.1 Å². The average molecular weight is 333 g/mol. The highest BCUT2D eigenvalue weighted by atomic mass is 16.5. The Hall–Kier alpha value is -2.35. The summed E-state index contributed by atoms with van der Waals surface area (Å²) in [6.07, 6.45) is 2.11. The minimum Gasteiger partial charge on any atom is -0.483 e. The molecule has 0 spiro atoms. The summed E-state index contributed by atoms with van der Waals surface area (Å²) in [6, 6.07) is 18.6. The Bertz CT molecular complexity index is 798. The van der Waals surface area contributed by atoms with Crippen LogP contribution in [0.4, 0.5) is 0 Å². The normalized spacial score (nSPS) is 25.5. The highest BCUT2D eigenvalue weighted by molar-refractivity contribution is 5.44. The highest BCUT2D eigenvalue weighted by Gasteiger charge is 2.40. The second kappa shape index (κ2) is 6.87. The summed E-state index contributed by atoms with van der Waals surface area (Å²) < 4.78 is 6.42. The topological polar surface area (TPSA) is 62.3 Å². The number of likely N-dealkylation sites (tertiary alicyclic amines) is 1. The lowest BCUT2D eigenvalue weighted by Crippen LogP contribution is -2.39. The van der Waals surface area contributed by atoms with E-state index in [4.69, 9.17) is 10.5 Å². The molecule has 4 rings (SSSR count). The third-order valence-corrected chi connectivity index (χ3v) is 5.52. The van der Waals surface area contributed by atoms with Crippen LogP contribution in [0.15, 0.2) is 48.5 Å². The van der Waals surface area contributed by atoms with Crippen LogP contribution >= 0.6 is 0 Å². The number of nitrogens with zero attached hydrogens (tertiary/aromatic N) is 2. The molecule has 3 atom stereocenters. The second-order valence-electron chi connectivity index (χ2n) is 7.00. The van der Waals surface area contributed by atoms with Crippen LogP contribution in [0, 0.1) is 17.2 Å². The number of rotatable bonds is 4. The zero-order valence-corrected chi connectivity index (χ0v) is 14.3. The van der Waals surface area contributed by atoms with E-state index >= 15 is 0 Å². The van der Waals surface area contributed by atoms with Gasteiger partial charge in [-0.1, -0.05) is 36.4 Å². The van der Waals surface area contributed by atoms with Crippen molar-refractivity contribution in [2.75, 3.05) is 19.6 Å². The Morgan fingerprint density at radius 1 is 1.16 bits per heavy atom. The van der Waals surface area contributed by atoms with Crippen LogP contribution in [-0.2, 0) is 6.42 Å². The predicted octanol–water partition coefficient (Wildman–Crippen LogP) is 2.88. The zero-order chi connectivity index (χ0) is 17.2. The maximum absolute atomic E-state index is 9.38. The van der Waals surface area contributed by atoms with Gasteiger partial charge in [0.15, 0.2) is 0 Å². The molecule has 2 N–H and O–H groups in total. The summed E-state index contributed by atoms with van der Waals surface area (Å²) in [5.41, 5.74) is 9.07. The molecule has 1 aliphatic carbocycles. The number of nitriles is 1. The summed E-state index contributed by atoms with van der Waals surface area (Å²) in [4.78, 5) is 2.52. The summed E-state index contributed by atoms with van der Waals surface area (Å²) in [7, 11) is 0. The van der Waals surface area contributed by atoms with Crippen molar-refractivity contribution < 1.29 is 4.74 Å². The van der Waals surface area contributed by atoms with Crippen molar-refractivity contribution in [3.8, 4) is 11.8 Å². The molecule has 2 aromatic rings. The SMILES string of the molecule is N#Cc1ccccc1O[C@@H]1c2ccccc2C[C@H]1N1CC[C@H](CN)C1. The van der Waals surface area contributed by atoms with Crippen molar-refractivity contribution >= 4 is 0 Å². The van der Waals surface area contributed by atoms with E-state index in [-0.39, 0.29) is 6.10 Å². The van der Waals surface area contributed by atoms with Crippen LogP contribution in [-0.4, -0.2) is 30.6 Å². The van der Waals surface area contributed by atoms with E-state index in [1.54, 1.807) is 0 Å². The third kappa shape index (κ3) is 3.02. The molecule has 0 aromatic heterocycles. The van der Waals surface area contributed by atoms with E-state index in [2.05, 4.69) is 35.2 Å². The maximum atomic E-state index is 9.38. The summed E-state index contributed by atoms with van der Waals surface area (Å²) in [5.74, 6) is 1.25. The van der Waals surface area contributed by atoms with E-state index in [0.29, 0.717) is 23.3 Å². The number of hydrogen-bond acceptors (Lipinski definition) is 4. The van der Waals surface area contributed by atoms with Crippen molar-refractivity contribution in [1.29, 1.82) is 5.26 Å². The molecule has 1 heterocycles. The monoisotopic (exact) mass is 333 g/mol. The largest absolute Gasteiger partial charge is 0.483 e. The Morgan fingerprint density at radius 2 is 1.96 bits per heavy atom. The molecule has 0 radical (unpaired) electrons. The van der Waals surface area contributed by atoms with Crippen LogP contribution in [0.5, 0.6) is 5.75 Å². The maximum Gasteiger partial charge on any atom is 0.140 e. The highest BCUT2D eigenvalue weighted by Crippen LogP contribution is 2.40. The fraction of sp³-hybridized carbons (Fsp3) is 0.381. The van der Waals surface area contributed by atoms with Crippen LogP contribution in [0.2, 0.25) is 0 Å². The van der Waals surface area contributed by atoms with Crippen molar-refractivity contribution in [3.63, 3.8) is 0 Å². The lowest BCUT2D eigenvalue weighted by atomic mass is 10.1. The molecule has 2 aliphatic rings. The van der Waals surface area contributed by atoms with Crippen LogP contribution in [0.3, 0.4) is 0 Å². The molecule has 25 heavy (non-hydrogen) atoms. The van der Waals surface area contributed by atoms with Gasteiger partial charge in [0.05, 0.1) is 11.6 Å². The number of nitrogens with two attached hydrogens (primary N) is 1. The number of ether oxygens (including phenoxy) is 1. The van der Waals surface area contributed by atoms with Crippen molar-refractivity contribution in [2.45, 2.75) is 25.0 Å². The summed E-state index contributed by atoms with van der Waals surface area (Å²) in [6.45, 7) is 2.86. The van der Waals surface area contributed by atoms with Crippen molar-refractivity contribution in [3.05, 3.63) is 65.2 Å². The Balaban J connectivity index is 1.65. The Morgan fingerprint density at radius 3 is 2.76 bits per heavy atom. The molecular formula is C21H23N3O. The quantitative estimate of drug-likeness (QED) is 0.934. The van der Waals surface area contributed by atoms with Gasteiger partial charge in [-0.05, 0) is 55.1 Å². The van der Waals surface area contributed by atoms with Gasteiger partial charge in [-0.3, -0.25) is 4.90 Å². The predicted molar refractivity (Wildman–Crippen MR) is 97.2 cm³/mol. The second-order valence-corrected chi connectivity index (χ2v) is 7.00. The zero-order valence-electron chi connectivity index (χ0n) is 14.3. The first-order valence-electron chi connectivity index (χ1n) is 8.98. The van der Waals surface area contributed by atoms with Crippen LogP contribution < -0.4 is 10.5 Å². The minimum atomic E-state index is -0.0396. The van der Waals surface area contributed by atoms with E-state index in [9.17, 15) is 5.26 Å². The van der Waals surface area contributed by atoms with Crippen molar-refractivity contribution in [2.24, 2.45) is 11.7 Å². The third-order valence-electron chi connectivity index (χ3n) is 5.52. The molecule has 0 saturated carbocycles. The average Bonchev–Trinajstić information content (AvgIpc) is 3.27. The van der Waals surface area contributed by atoms with Crippen molar-refractivity contribution in [1.82, 2.24) is 4.90 Å². The van der Waals surface area contributed by atoms with Gasteiger partial charge >= 0.3 is 0 Å². The van der Waals surface area contributed by atoms with Gasteiger partial charge in [-0.2, -0.15) is 5.26 Å². The number of hydrogen-bond donors (Lipinski definition) is 1. The lowest BCUT2D eigenvalue weighted by Gasteiger charge is -2.30. The molecule has 0 bridgehead atoms. The summed E-state index contributed by atoms with van der Waals surface area (Å²) >= 11 is 0. The van der Waals surface area contributed by atoms with Crippen LogP contribution in [0.25, 0.3) is 0 Å². The van der Waals surface area contributed by atoms with Gasteiger partial charge in [0.25, 0.3) is 0 Å². The van der Waals surface area contributed by atoms with Gasteiger partial charge in [0.1, 0.15) is 17.9 Å². The van der Waals surface area contributed by atoms with Gasteiger partial charge in [0, 0.05) is 6.54 Å². The molecule has 2 aromatic carbocycles. The minimum absolute atomic E-state index is 0.0396. The molecule has 1 fully saturated rings. The van der Waals surface area contributed by atoms with Gasteiger partial charge in [-0.25, -0.2) is 0 Å². The first-order valence-corrected chi connectivity index (χ1v) is 8.98. The first kappa shape index (κ1) is 16.1. The van der Waals surface area contributed by atoms with E-state index in [0.717, 1.165) is 32.5 Å². The molecule has 4 nitrogen and oxygen atoms in total. The fourth-order valence-corrected chi connectivity index (χ4v) is 4.15. The molecule has 128 valence electrons. The van der Waals surface area contributed by atoms with Gasteiger partial charge in [0.2, 0.25) is 0 Å². The van der Waals surface area contributed by atoms with E-state index in [1.807, 2.05) is 24.3 Å². The van der Waals surface area contributed by atoms with Crippen LogP contribution in [0.1, 0.15) is 29.2 Å². The standard InChI is InChI=1S/C21H23N3O/c22-12-15-9-10-24(14-15)19-11-16-5-1-3-7-18(16)21(19)25-20-8-4-2-6-17(20)13-23/h1-8,15,19,21H,9-12,14,22H2/t15-,19-,21-/m1/s1. The van der Waals surface area contributed by atoms with Gasteiger partial charge in [-0.15, -0.1) is 0 Å². The first-order chi connectivity index (χ1) is 12.3. The summed E-state index contributed by atoms with van der Waals surface area (Å²) in [5, 5.41) is 9.38. The molecule has 0 amide bonds. The molecular weight excluding hydrogens is 310 g/mol. The number of para-hydroxylation sites is 1. The lowest BCUT2D eigenvalue weighted by molar-refractivity contribution is 0.0915. The molecule has 1 saturated heterocycles. The molecule has 4 heteroatoms. The molecule has 1 aliphatic heterocycles. The number of benzene rings is 2. The fourth-order valence-electron chi connectivity index (χ4n) is 4.15. The van der Waals surface area contributed by atoms with Gasteiger partial charge < -0.3 is 10.5 Å². The Labute approximate surface area is 148 Å².